The van der Waals surface area contributed by atoms with Crippen LogP contribution in [-0.2, 0) is 11.3 Å². The summed E-state index contributed by atoms with van der Waals surface area (Å²) >= 11 is 8.95. The maximum Gasteiger partial charge on any atom is 0.340 e. The van der Waals surface area contributed by atoms with Crippen molar-refractivity contribution in [2.45, 2.75) is 6.61 Å². The van der Waals surface area contributed by atoms with Gasteiger partial charge >= 0.3 is 5.97 Å². The van der Waals surface area contributed by atoms with Crippen molar-refractivity contribution < 1.29 is 14.5 Å². The molecular weight excluding hydrogens is 372 g/mol. The van der Waals surface area contributed by atoms with Crippen LogP contribution in [0, 0.1) is 10.1 Å². The third-order valence-corrected chi connectivity index (χ3v) is 5.28. The minimum Gasteiger partial charge on any atom is -0.456 e. The van der Waals surface area contributed by atoms with E-state index in [2.05, 4.69) is 4.98 Å². The number of aromatic nitrogens is 1. The molecule has 0 N–H and O–H groups in total. The van der Waals surface area contributed by atoms with Crippen LogP contribution < -0.4 is 0 Å². The molecule has 0 saturated carbocycles. The zero-order valence-corrected chi connectivity index (χ0v) is 14.4. The van der Waals surface area contributed by atoms with E-state index in [-0.39, 0.29) is 22.9 Å². The van der Waals surface area contributed by atoms with Gasteiger partial charge in [0.1, 0.15) is 11.6 Å². The second-order valence-corrected chi connectivity index (χ2v) is 6.83. The third-order valence-electron chi connectivity index (χ3n) is 3.02. The summed E-state index contributed by atoms with van der Waals surface area (Å²) in [5, 5.41) is 15.5. The summed E-state index contributed by atoms with van der Waals surface area (Å²) < 4.78 is 5.16. The summed E-state index contributed by atoms with van der Waals surface area (Å²) in [6.45, 7) is -0.0280. The SMILES string of the molecule is O=C(OCc1csc(-c2cccs2)n1)c1cc([N+](=O)[O-])ccc1Cl. The van der Waals surface area contributed by atoms with Gasteiger partial charge in [-0.2, -0.15) is 0 Å². The van der Waals surface area contributed by atoms with E-state index in [1.54, 1.807) is 16.7 Å². The molecular formula is C15H9ClN2O4S2. The van der Waals surface area contributed by atoms with Crippen LogP contribution in [-0.4, -0.2) is 15.9 Å². The highest BCUT2D eigenvalue weighted by Gasteiger charge is 2.17. The van der Waals surface area contributed by atoms with E-state index >= 15 is 0 Å². The number of hydrogen-bond acceptors (Lipinski definition) is 7. The normalized spacial score (nSPS) is 10.5. The number of carbonyl (C=O) groups is 1. The number of thiazole rings is 1. The Kier molecular flexibility index (Phi) is 4.89. The Morgan fingerprint density at radius 1 is 1.33 bits per heavy atom. The lowest BCUT2D eigenvalue weighted by molar-refractivity contribution is -0.384. The van der Waals surface area contributed by atoms with Crippen molar-refractivity contribution in [3.63, 3.8) is 0 Å². The van der Waals surface area contributed by atoms with E-state index in [4.69, 9.17) is 16.3 Å². The van der Waals surface area contributed by atoms with Gasteiger partial charge in [0, 0.05) is 17.5 Å². The van der Waals surface area contributed by atoms with Crippen LogP contribution in [0.4, 0.5) is 5.69 Å². The van der Waals surface area contributed by atoms with E-state index in [9.17, 15) is 14.9 Å². The van der Waals surface area contributed by atoms with Crippen LogP contribution in [0.5, 0.6) is 0 Å². The lowest BCUT2D eigenvalue weighted by atomic mass is 10.2. The van der Waals surface area contributed by atoms with Crippen LogP contribution in [0.3, 0.4) is 0 Å². The third kappa shape index (κ3) is 3.61. The molecule has 1 aromatic carbocycles. The summed E-state index contributed by atoms with van der Waals surface area (Å²) in [6, 6.07) is 7.53. The van der Waals surface area contributed by atoms with E-state index in [0.717, 1.165) is 16.0 Å². The molecule has 2 heterocycles. The number of halogens is 1. The number of nitro benzene ring substituents is 1. The summed E-state index contributed by atoms with van der Waals surface area (Å²) in [6.07, 6.45) is 0. The minimum absolute atomic E-state index is 0.0280. The van der Waals surface area contributed by atoms with Crippen molar-refractivity contribution in [2.75, 3.05) is 0 Å². The van der Waals surface area contributed by atoms with E-state index in [0.29, 0.717) is 5.69 Å². The second kappa shape index (κ2) is 7.08. The molecule has 0 saturated heterocycles. The highest BCUT2D eigenvalue weighted by Crippen LogP contribution is 2.28. The van der Waals surface area contributed by atoms with Crippen LogP contribution in [0.25, 0.3) is 9.88 Å². The fourth-order valence-electron chi connectivity index (χ4n) is 1.89. The maximum absolute atomic E-state index is 12.1. The van der Waals surface area contributed by atoms with Crippen LogP contribution in [0.15, 0.2) is 41.1 Å². The molecule has 0 radical (unpaired) electrons. The molecule has 0 fully saturated rings. The van der Waals surface area contributed by atoms with E-state index < -0.39 is 10.9 Å². The number of carbonyl (C=O) groups excluding carboxylic acids is 1. The van der Waals surface area contributed by atoms with Crippen molar-refractivity contribution >= 4 is 45.9 Å². The molecule has 0 spiro atoms. The van der Waals surface area contributed by atoms with E-state index in [1.165, 1.54) is 23.5 Å². The number of nitro groups is 1. The van der Waals surface area contributed by atoms with Gasteiger partial charge in [-0.05, 0) is 17.5 Å². The summed E-state index contributed by atoms with van der Waals surface area (Å²) in [5.41, 5.74) is 0.345. The first kappa shape index (κ1) is 16.6. The maximum atomic E-state index is 12.1. The molecule has 0 amide bonds. The summed E-state index contributed by atoms with van der Waals surface area (Å²) in [7, 11) is 0. The number of esters is 1. The number of thiophene rings is 1. The number of rotatable bonds is 5. The molecule has 0 atom stereocenters. The van der Waals surface area contributed by atoms with Crippen molar-refractivity contribution in [1.29, 1.82) is 0 Å². The second-order valence-electron chi connectivity index (χ2n) is 4.62. The monoisotopic (exact) mass is 380 g/mol. The van der Waals surface area contributed by atoms with Gasteiger partial charge in [0.25, 0.3) is 5.69 Å². The average Bonchev–Trinajstić information content (AvgIpc) is 3.24. The zero-order chi connectivity index (χ0) is 17.1. The van der Waals surface area contributed by atoms with Gasteiger partial charge in [-0.25, -0.2) is 9.78 Å². The van der Waals surface area contributed by atoms with Gasteiger partial charge < -0.3 is 4.74 Å². The fourth-order valence-corrected chi connectivity index (χ4v) is 3.70. The largest absolute Gasteiger partial charge is 0.456 e. The molecule has 0 bridgehead atoms. The standard InChI is InChI=1S/C15H9ClN2O4S2/c16-12-4-3-10(18(20)21)6-11(12)15(19)22-7-9-8-24-14(17-9)13-2-1-5-23-13/h1-6,8H,7H2. The lowest BCUT2D eigenvalue weighted by Gasteiger charge is -2.04. The number of nitrogens with zero attached hydrogens (tertiary/aromatic N) is 2. The molecule has 3 rings (SSSR count). The van der Waals surface area contributed by atoms with E-state index in [1.807, 2.05) is 17.5 Å². The quantitative estimate of drug-likeness (QED) is 0.361. The molecule has 2 aromatic heterocycles. The molecule has 3 aromatic rings. The number of hydrogen-bond donors (Lipinski definition) is 0. The Morgan fingerprint density at radius 3 is 2.88 bits per heavy atom. The van der Waals surface area contributed by atoms with Gasteiger partial charge in [0.2, 0.25) is 0 Å². The van der Waals surface area contributed by atoms with Gasteiger partial charge in [-0.3, -0.25) is 10.1 Å². The minimum atomic E-state index is -0.727. The number of non-ortho nitro benzene ring substituents is 1. The molecule has 24 heavy (non-hydrogen) atoms. The van der Waals surface area contributed by atoms with Crippen molar-refractivity contribution in [3.05, 3.63) is 67.5 Å². The molecule has 122 valence electrons. The first-order valence-electron chi connectivity index (χ1n) is 6.64. The Bertz CT molecular complexity index is 893. The van der Waals surface area contributed by atoms with Crippen molar-refractivity contribution in [2.24, 2.45) is 0 Å². The molecule has 0 aliphatic heterocycles. The zero-order valence-electron chi connectivity index (χ0n) is 12.0. The fraction of sp³-hybridized carbons (Fsp3) is 0.0667. The smallest absolute Gasteiger partial charge is 0.340 e. The Balaban J connectivity index is 1.70. The molecule has 0 aliphatic carbocycles. The highest BCUT2D eigenvalue weighted by atomic mass is 35.5. The van der Waals surface area contributed by atoms with Gasteiger partial charge in [-0.1, -0.05) is 17.7 Å². The Morgan fingerprint density at radius 2 is 2.17 bits per heavy atom. The number of benzene rings is 1. The first-order valence-corrected chi connectivity index (χ1v) is 8.77. The van der Waals surface area contributed by atoms with Gasteiger partial charge in [-0.15, -0.1) is 22.7 Å². The van der Waals surface area contributed by atoms with Crippen molar-refractivity contribution in [3.8, 4) is 9.88 Å². The average molecular weight is 381 g/mol. The lowest BCUT2D eigenvalue weighted by Crippen LogP contribution is -2.07. The Labute approximate surface area is 149 Å². The molecule has 9 heteroatoms. The van der Waals surface area contributed by atoms with Gasteiger partial charge in [0.05, 0.1) is 26.1 Å². The predicted molar refractivity (Wildman–Crippen MR) is 92.7 cm³/mol. The highest BCUT2D eigenvalue weighted by molar-refractivity contribution is 7.20. The number of ether oxygens (including phenoxy) is 1. The first-order chi connectivity index (χ1) is 11.5. The van der Waals surface area contributed by atoms with Crippen LogP contribution >= 0.6 is 34.3 Å². The van der Waals surface area contributed by atoms with Crippen molar-refractivity contribution in [1.82, 2.24) is 4.98 Å². The molecule has 0 unspecified atom stereocenters. The molecule has 6 nitrogen and oxygen atoms in total. The predicted octanol–water partition coefficient (Wildman–Crippen LogP) is 4.79. The summed E-state index contributed by atoms with van der Waals surface area (Å²) in [4.78, 5) is 27.7. The molecule has 0 aliphatic rings. The topological polar surface area (TPSA) is 82.3 Å². The van der Waals surface area contributed by atoms with Gasteiger partial charge in [0.15, 0.2) is 0 Å². The summed E-state index contributed by atoms with van der Waals surface area (Å²) in [5.74, 6) is -0.727. The Hall–Kier alpha value is -2.29. The van der Waals surface area contributed by atoms with Crippen LogP contribution in [0.2, 0.25) is 5.02 Å². The van der Waals surface area contributed by atoms with Crippen LogP contribution in [0.1, 0.15) is 16.1 Å².